The van der Waals surface area contributed by atoms with Gasteiger partial charge in [0, 0.05) is 36.4 Å². The maximum atomic E-state index is 11.4. The van der Waals surface area contributed by atoms with Crippen LogP contribution in [0.1, 0.15) is 24.0 Å². The van der Waals surface area contributed by atoms with Gasteiger partial charge in [-0.2, -0.15) is 0 Å². The fourth-order valence-electron chi connectivity index (χ4n) is 3.80. The summed E-state index contributed by atoms with van der Waals surface area (Å²) in [5.74, 6) is -0.757. The lowest BCUT2D eigenvalue weighted by Gasteiger charge is -2.39. The lowest BCUT2D eigenvalue weighted by Crippen LogP contribution is -2.47. The molecule has 0 amide bonds. The highest BCUT2D eigenvalue weighted by atomic mass is 35.5. The van der Waals surface area contributed by atoms with Gasteiger partial charge in [0.25, 0.3) is 0 Å². The lowest BCUT2D eigenvalue weighted by atomic mass is 10.0. The molecule has 0 bridgehead atoms. The number of hydrogen-bond donors (Lipinski definition) is 1. The Morgan fingerprint density at radius 2 is 1.89 bits per heavy atom. The molecule has 1 aliphatic heterocycles. The summed E-state index contributed by atoms with van der Waals surface area (Å²) < 4.78 is 0. The first-order valence-electron chi connectivity index (χ1n) is 9.53. The number of aryl methyl sites for hydroxylation is 1. The summed E-state index contributed by atoms with van der Waals surface area (Å²) in [6, 6.07) is 16.7. The highest BCUT2D eigenvalue weighted by molar-refractivity contribution is 6.30. The molecule has 0 unspecified atom stereocenters. The van der Waals surface area contributed by atoms with E-state index in [0.717, 1.165) is 43.9 Å². The Bertz CT molecular complexity index is 755. The largest absolute Gasteiger partial charge is 0.480 e. The Morgan fingerprint density at radius 1 is 1.19 bits per heavy atom. The molecule has 4 nitrogen and oxygen atoms in total. The number of nitrogens with zero attached hydrogens (tertiary/aromatic N) is 2. The number of anilines is 1. The third kappa shape index (κ3) is 5.72. The number of benzene rings is 2. The van der Waals surface area contributed by atoms with Gasteiger partial charge in [0.2, 0.25) is 0 Å². The molecule has 2 aromatic rings. The number of hydrogen-bond acceptors (Lipinski definition) is 3. The Balaban J connectivity index is 1.58. The minimum atomic E-state index is -0.757. The topological polar surface area (TPSA) is 43.8 Å². The first kappa shape index (κ1) is 19.7. The summed E-state index contributed by atoms with van der Waals surface area (Å²) in [4.78, 5) is 15.9. The number of carbonyl (C=O) groups is 1. The van der Waals surface area contributed by atoms with Crippen LogP contribution in [-0.2, 0) is 11.2 Å². The van der Waals surface area contributed by atoms with Gasteiger partial charge in [-0.25, -0.2) is 0 Å². The molecule has 1 saturated heterocycles. The molecule has 0 saturated carbocycles. The van der Waals surface area contributed by atoms with Crippen molar-refractivity contribution >= 4 is 23.3 Å². The van der Waals surface area contributed by atoms with E-state index in [1.165, 1.54) is 16.8 Å². The second-order valence-corrected chi connectivity index (χ2v) is 7.73. The van der Waals surface area contributed by atoms with Gasteiger partial charge in [-0.3, -0.25) is 9.69 Å². The van der Waals surface area contributed by atoms with Crippen molar-refractivity contribution in [3.8, 4) is 0 Å². The molecule has 2 aromatic carbocycles. The summed E-state index contributed by atoms with van der Waals surface area (Å²) in [7, 11) is 0. The van der Waals surface area contributed by atoms with Crippen molar-refractivity contribution in [1.82, 2.24) is 4.90 Å². The van der Waals surface area contributed by atoms with E-state index < -0.39 is 5.97 Å². The summed E-state index contributed by atoms with van der Waals surface area (Å²) in [5.41, 5.74) is 3.72. The van der Waals surface area contributed by atoms with Crippen molar-refractivity contribution < 1.29 is 9.90 Å². The van der Waals surface area contributed by atoms with Gasteiger partial charge in [-0.1, -0.05) is 35.9 Å². The smallest absolute Gasteiger partial charge is 0.317 e. The molecule has 0 radical (unpaired) electrons. The van der Waals surface area contributed by atoms with Gasteiger partial charge in [0.05, 0.1) is 6.54 Å². The van der Waals surface area contributed by atoms with E-state index in [0.29, 0.717) is 6.04 Å². The standard InChI is InChI=1S/C22H27ClN2O2/c1-17-3-2-4-21(15-17)24-13-10-20(11-14-24)25(16-22(26)27)12-9-18-5-7-19(23)8-6-18/h2-8,15,20H,9-14,16H2,1H3,(H,26,27). The van der Waals surface area contributed by atoms with Gasteiger partial charge < -0.3 is 10.0 Å². The van der Waals surface area contributed by atoms with Gasteiger partial charge in [-0.15, -0.1) is 0 Å². The quantitative estimate of drug-likeness (QED) is 0.772. The highest BCUT2D eigenvalue weighted by Crippen LogP contribution is 2.23. The zero-order valence-corrected chi connectivity index (χ0v) is 16.5. The average Bonchev–Trinajstić information content (AvgIpc) is 2.66. The maximum Gasteiger partial charge on any atom is 0.317 e. The molecular weight excluding hydrogens is 360 g/mol. The second kappa shape index (κ2) is 9.25. The zero-order valence-electron chi connectivity index (χ0n) is 15.8. The molecule has 1 heterocycles. The molecule has 0 spiro atoms. The van der Waals surface area contributed by atoms with E-state index in [2.05, 4.69) is 41.0 Å². The molecule has 0 aromatic heterocycles. The van der Waals surface area contributed by atoms with Crippen LogP contribution in [0.2, 0.25) is 5.02 Å². The minimum absolute atomic E-state index is 0.0999. The molecule has 1 aliphatic rings. The monoisotopic (exact) mass is 386 g/mol. The number of carboxylic acids is 1. The molecule has 27 heavy (non-hydrogen) atoms. The van der Waals surface area contributed by atoms with Crippen LogP contribution in [0.15, 0.2) is 48.5 Å². The normalized spacial score (nSPS) is 15.3. The van der Waals surface area contributed by atoms with E-state index in [1.807, 2.05) is 24.3 Å². The van der Waals surface area contributed by atoms with E-state index in [4.69, 9.17) is 11.6 Å². The number of aliphatic carboxylic acids is 1. The molecule has 3 rings (SSSR count). The van der Waals surface area contributed by atoms with Crippen molar-refractivity contribution in [2.75, 3.05) is 31.1 Å². The van der Waals surface area contributed by atoms with Crippen LogP contribution in [0.5, 0.6) is 0 Å². The van der Waals surface area contributed by atoms with Crippen molar-refractivity contribution in [3.05, 3.63) is 64.7 Å². The van der Waals surface area contributed by atoms with Gasteiger partial charge in [0.15, 0.2) is 0 Å². The van der Waals surface area contributed by atoms with Crippen LogP contribution in [0, 0.1) is 6.92 Å². The lowest BCUT2D eigenvalue weighted by molar-refractivity contribution is -0.139. The van der Waals surface area contributed by atoms with Crippen molar-refractivity contribution in [2.24, 2.45) is 0 Å². The predicted molar refractivity (Wildman–Crippen MR) is 111 cm³/mol. The molecule has 0 aliphatic carbocycles. The van der Waals surface area contributed by atoms with Crippen LogP contribution in [0.4, 0.5) is 5.69 Å². The van der Waals surface area contributed by atoms with Crippen LogP contribution in [0.25, 0.3) is 0 Å². The third-order valence-corrected chi connectivity index (χ3v) is 5.54. The number of rotatable bonds is 7. The Morgan fingerprint density at radius 3 is 2.52 bits per heavy atom. The second-order valence-electron chi connectivity index (χ2n) is 7.30. The fourth-order valence-corrected chi connectivity index (χ4v) is 3.93. The summed E-state index contributed by atoms with van der Waals surface area (Å²) in [6.45, 7) is 4.89. The summed E-state index contributed by atoms with van der Waals surface area (Å²) in [5, 5.41) is 10.1. The Hall–Kier alpha value is -2.04. The van der Waals surface area contributed by atoms with E-state index in [1.54, 1.807) is 0 Å². The average molecular weight is 387 g/mol. The van der Waals surface area contributed by atoms with Crippen molar-refractivity contribution in [1.29, 1.82) is 0 Å². The summed E-state index contributed by atoms with van der Waals surface area (Å²) >= 11 is 5.95. The zero-order chi connectivity index (χ0) is 19.2. The van der Waals surface area contributed by atoms with Gasteiger partial charge >= 0.3 is 5.97 Å². The highest BCUT2D eigenvalue weighted by Gasteiger charge is 2.26. The number of piperidine rings is 1. The molecule has 0 atom stereocenters. The van der Waals surface area contributed by atoms with Crippen molar-refractivity contribution in [3.63, 3.8) is 0 Å². The maximum absolute atomic E-state index is 11.4. The molecule has 1 N–H and O–H groups in total. The van der Waals surface area contributed by atoms with Gasteiger partial charge in [0.1, 0.15) is 0 Å². The predicted octanol–water partition coefficient (Wildman–Crippen LogP) is 4.25. The van der Waals surface area contributed by atoms with Gasteiger partial charge in [-0.05, 0) is 61.6 Å². The molecule has 144 valence electrons. The Labute approximate surface area is 166 Å². The molecule has 1 fully saturated rings. The Kier molecular flexibility index (Phi) is 6.75. The van der Waals surface area contributed by atoms with E-state index in [-0.39, 0.29) is 6.54 Å². The molecular formula is C22H27ClN2O2. The van der Waals surface area contributed by atoms with Crippen molar-refractivity contribution in [2.45, 2.75) is 32.2 Å². The number of halogens is 1. The summed E-state index contributed by atoms with van der Waals surface area (Å²) in [6.07, 6.45) is 2.81. The van der Waals surface area contributed by atoms with E-state index >= 15 is 0 Å². The third-order valence-electron chi connectivity index (χ3n) is 5.29. The first-order chi connectivity index (χ1) is 13.0. The fraction of sp³-hybridized carbons (Fsp3) is 0.409. The minimum Gasteiger partial charge on any atom is -0.480 e. The van der Waals surface area contributed by atoms with Crippen LogP contribution >= 0.6 is 11.6 Å². The van der Waals surface area contributed by atoms with Crippen LogP contribution < -0.4 is 4.90 Å². The first-order valence-corrected chi connectivity index (χ1v) is 9.91. The SMILES string of the molecule is Cc1cccc(N2CCC(N(CCc3ccc(Cl)cc3)CC(=O)O)CC2)c1. The van der Waals surface area contributed by atoms with Crippen LogP contribution in [-0.4, -0.2) is 48.2 Å². The number of carboxylic acid groups (broad SMARTS) is 1. The van der Waals surface area contributed by atoms with Crippen LogP contribution in [0.3, 0.4) is 0 Å². The molecule has 5 heteroatoms. The van der Waals surface area contributed by atoms with E-state index in [9.17, 15) is 9.90 Å².